The molecule has 0 aromatic carbocycles. The summed E-state index contributed by atoms with van der Waals surface area (Å²) in [5.74, 6) is 3.20. The lowest BCUT2D eigenvalue weighted by Crippen LogP contribution is -2.51. The summed E-state index contributed by atoms with van der Waals surface area (Å²) in [5.41, 5.74) is 0.206. The summed E-state index contributed by atoms with van der Waals surface area (Å²) in [6, 6.07) is 0.731. The smallest absolute Gasteiger partial charge is 0.0795 e. The van der Waals surface area contributed by atoms with Crippen LogP contribution in [0.5, 0.6) is 0 Å². The van der Waals surface area contributed by atoms with Crippen LogP contribution in [0.1, 0.15) is 38.5 Å². The van der Waals surface area contributed by atoms with Gasteiger partial charge in [0.25, 0.3) is 0 Å². The van der Waals surface area contributed by atoms with Gasteiger partial charge in [-0.2, -0.15) is 11.8 Å². The summed E-state index contributed by atoms with van der Waals surface area (Å²) in [7, 11) is 0. The molecule has 110 valence electrons. The van der Waals surface area contributed by atoms with Crippen molar-refractivity contribution >= 4 is 11.8 Å². The van der Waals surface area contributed by atoms with E-state index in [4.69, 9.17) is 9.84 Å². The van der Waals surface area contributed by atoms with E-state index in [-0.39, 0.29) is 5.60 Å². The molecular weight excluding hydrogens is 258 g/mol. The zero-order valence-corrected chi connectivity index (χ0v) is 12.7. The van der Waals surface area contributed by atoms with Gasteiger partial charge in [0, 0.05) is 31.6 Å². The van der Waals surface area contributed by atoms with Gasteiger partial charge in [-0.15, -0.1) is 0 Å². The van der Waals surface area contributed by atoms with Crippen molar-refractivity contribution in [2.45, 2.75) is 50.2 Å². The fraction of sp³-hybridized carbons (Fsp3) is 1.00. The van der Waals surface area contributed by atoms with Gasteiger partial charge in [0.15, 0.2) is 0 Å². The van der Waals surface area contributed by atoms with Crippen LogP contribution in [0, 0.1) is 5.92 Å². The van der Waals surface area contributed by atoms with Crippen molar-refractivity contribution < 1.29 is 9.84 Å². The highest BCUT2D eigenvalue weighted by molar-refractivity contribution is 7.99. The van der Waals surface area contributed by atoms with Crippen LogP contribution in [-0.4, -0.2) is 59.5 Å². The molecule has 0 amide bonds. The molecule has 3 heterocycles. The Bertz CT molecular complexity index is 292. The van der Waals surface area contributed by atoms with E-state index in [1.807, 2.05) is 0 Å². The van der Waals surface area contributed by atoms with Gasteiger partial charge in [0.05, 0.1) is 5.60 Å². The number of nitrogens with zero attached hydrogens (tertiary/aromatic N) is 1. The number of aliphatic hydroxyl groups excluding tert-OH is 1. The lowest BCUT2D eigenvalue weighted by Gasteiger charge is -2.45. The Hall–Kier alpha value is 0.230. The van der Waals surface area contributed by atoms with Crippen LogP contribution in [0.4, 0.5) is 0 Å². The summed E-state index contributed by atoms with van der Waals surface area (Å²) in [6.45, 7) is 3.77. The number of hydrogen-bond acceptors (Lipinski definition) is 4. The third-order valence-corrected chi connectivity index (χ3v) is 6.36. The molecular formula is C15H27NO2S. The first kappa shape index (κ1) is 14.2. The molecule has 3 fully saturated rings. The monoisotopic (exact) mass is 285 g/mol. The van der Waals surface area contributed by atoms with Gasteiger partial charge >= 0.3 is 0 Å². The summed E-state index contributed by atoms with van der Waals surface area (Å²) in [6.07, 6.45) is 7.30. The van der Waals surface area contributed by atoms with Gasteiger partial charge in [0.2, 0.25) is 0 Å². The molecule has 4 heteroatoms. The number of thioether (sulfide) groups is 1. The van der Waals surface area contributed by atoms with Crippen LogP contribution in [0.15, 0.2) is 0 Å². The number of likely N-dealkylation sites (tertiary alicyclic amines) is 1. The van der Waals surface area contributed by atoms with Crippen LogP contribution in [0.25, 0.3) is 0 Å². The second-order valence-electron chi connectivity index (χ2n) is 6.50. The van der Waals surface area contributed by atoms with Crippen LogP contribution in [0.2, 0.25) is 0 Å². The van der Waals surface area contributed by atoms with Crippen molar-refractivity contribution in [3.8, 4) is 0 Å². The minimum atomic E-state index is 0.206. The quantitative estimate of drug-likeness (QED) is 0.861. The fourth-order valence-electron chi connectivity index (χ4n) is 4.02. The number of hydrogen-bond donors (Lipinski definition) is 1. The number of rotatable bonds is 3. The van der Waals surface area contributed by atoms with Gasteiger partial charge in [-0.1, -0.05) is 0 Å². The van der Waals surface area contributed by atoms with Gasteiger partial charge in [0.1, 0.15) is 0 Å². The summed E-state index contributed by atoms with van der Waals surface area (Å²) in [5, 5.41) is 9.14. The predicted octanol–water partition coefficient (Wildman–Crippen LogP) is 2.14. The Labute approximate surface area is 121 Å². The van der Waals surface area contributed by atoms with E-state index >= 15 is 0 Å². The van der Waals surface area contributed by atoms with E-state index < -0.39 is 0 Å². The molecule has 3 rings (SSSR count). The second-order valence-corrected chi connectivity index (χ2v) is 7.60. The van der Waals surface area contributed by atoms with Gasteiger partial charge in [-0.3, -0.25) is 4.90 Å². The largest absolute Gasteiger partial charge is 0.396 e. The average molecular weight is 285 g/mol. The van der Waals surface area contributed by atoms with Gasteiger partial charge < -0.3 is 9.84 Å². The van der Waals surface area contributed by atoms with Crippen molar-refractivity contribution in [3.63, 3.8) is 0 Å². The zero-order valence-electron chi connectivity index (χ0n) is 11.9. The van der Waals surface area contributed by atoms with Crippen molar-refractivity contribution in [2.24, 2.45) is 5.92 Å². The third kappa shape index (κ3) is 3.29. The van der Waals surface area contributed by atoms with E-state index in [1.165, 1.54) is 56.7 Å². The van der Waals surface area contributed by atoms with Crippen LogP contribution in [-0.2, 0) is 4.74 Å². The SMILES string of the molecule is OCCC1CCCN(C2CCOC3(CCSC3)C2)C1. The molecule has 0 saturated carbocycles. The first-order chi connectivity index (χ1) is 9.31. The van der Waals surface area contributed by atoms with Gasteiger partial charge in [-0.05, 0) is 56.7 Å². The number of aliphatic hydroxyl groups is 1. The second kappa shape index (κ2) is 6.33. The van der Waals surface area contributed by atoms with E-state index in [2.05, 4.69) is 16.7 Å². The molecule has 3 atom stereocenters. The molecule has 1 N–H and O–H groups in total. The standard InChI is InChI=1S/C15H27NO2S/c17-7-3-13-2-1-6-16(11-13)14-4-8-18-15(10-14)5-9-19-12-15/h13-14,17H,1-12H2. The minimum Gasteiger partial charge on any atom is -0.396 e. The first-order valence-corrected chi connectivity index (χ1v) is 9.03. The molecule has 0 bridgehead atoms. The Morgan fingerprint density at radius 1 is 1.37 bits per heavy atom. The molecule has 0 radical (unpaired) electrons. The van der Waals surface area contributed by atoms with Crippen LogP contribution < -0.4 is 0 Å². The summed E-state index contributed by atoms with van der Waals surface area (Å²) in [4.78, 5) is 2.71. The highest BCUT2D eigenvalue weighted by Crippen LogP contribution is 2.40. The highest BCUT2D eigenvalue weighted by Gasteiger charge is 2.42. The fourth-order valence-corrected chi connectivity index (χ4v) is 5.40. The molecule has 3 saturated heterocycles. The van der Waals surface area contributed by atoms with Crippen molar-refractivity contribution in [1.82, 2.24) is 4.90 Å². The average Bonchev–Trinajstić information content (AvgIpc) is 2.87. The lowest BCUT2D eigenvalue weighted by molar-refractivity contribution is -0.0942. The molecule has 3 aliphatic heterocycles. The minimum absolute atomic E-state index is 0.206. The van der Waals surface area contributed by atoms with E-state index in [0.717, 1.165) is 25.0 Å². The van der Waals surface area contributed by atoms with E-state index in [0.29, 0.717) is 6.61 Å². The van der Waals surface area contributed by atoms with Crippen molar-refractivity contribution in [1.29, 1.82) is 0 Å². The lowest BCUT2D eigenvalue weighted by atomic mass is 9.86. The molecule has 3 nitrogen and oxygen atoms in total. The summed E-state index contributed by atoms with van der Waals surface area (Å²) < 4.78 is 6.13. The third-order valence-electron chi connectivity index (χ3n) is 5.14. The van der Waals surface area contributed by atoms with Crippen molar-refractivity contribution in [3.05, 3.63) is 0 Å². The maximum atomic E-state index is 9.14. The van der Waals surface area contributed by atoms with Crippen LogP contribution in [0.3, 0.4) is 0 Å². The Kier molecular flexibility index (Phi) is 4.73. The highest BCUT2D eigenvalue weighted by atomic mass is 32.2. The Balaban J connectivity index is 1.58. The molecule has 1 spiro atoms. The zero-order chi connectivity index (χ0) is 13.1. The number of ether oxygens (including phenoxy) is 1. The topological polar surface area (TPSA) is 32.7 Å². The maximum Gasteiger partial charge on any atom is 0.0795 e. The number of piperidine rings is 1. The Morgan fingerprint density at radius 2 is 2.32 bits per heavy atom. The molecule has 0 aromatic rings. The van der Waals surface area contributed by atoms with Gasteiger partial charge in [-0.25, -0.2) is 0 Å². The predicted molar refractivity (Wildman–Crippen MR) is 79.6 cm³/mol. The summed E-state index contributed by atoms with van der Waals surface area (Å²) >= 11 is 2.06. The van der Waals surface area contributed by atoms with Crippen LogP contribution >= 0.6 is 11.8 Å². The van der Waals surface area contributed by atoms with E-state index in [9.17, 15) is 0 Å². The van der Waals surface area contributed by atoms with E-state index in [1.54, 1.807) is 0 Å². The first-order valence-electron chi connectivity index (χ1n) is 7.88. The maximum absolute atomic E-state index is 9.14. The molecule has 19 heavy (non-hydrogen) atoms. The molecule has 0 aromatic heterocycles. The Morgan fingerprint density at radius 3 is 3.11 bits per heavy atom. The van der Waals surface area contributed by atoms with Crippen molar-refractivity contribution in [2.75, 3.05) is 37.8 Å². The molecule has 3 aliphatic rings. The molecule has 3 unspecified atom stereocenters. The normalized spacial score (nSPS) is 40.9. The molecule has 0 aliphatic carbocycles.